The maximum atomic E-state index is 5.58. The Morgan fingerprint density at radius 3 is 2.50 bits per heavy atom. The molecule has 0 aliphatic carbocycles. The minimum Gasteiger partial charge on any atom is -0.377 e. The van der Waals surface area contributed by atoms with Crippen molar-refractivity contribution in [2.75, 3.05) is 19.1 Å². The van der Waals surface area contributed by atoms with E-state index in [-0.39, 0.29) is 0 Å². The summed E-state index contributed by atoms with van der Waals surface area (Å²) >= 11 is 5.58. The monoisotopic (exact) mass is 298 g/mol. The number of hydrogen-bond donors (Lipinski definition) is 0. The van der Waals surface area contributed by atoms with Crippen LogP contribution in [-0.2, 0) is 4.74 Å². The summed E-state index contributed by atoms with van der Waals surface area (Å²) in [7, 11) is 0. The zero-order valence-corrected chi connectivity index (χ0v) is 13.8. The van der Waals surface area contributed by atoms with Crippen molar-refractivity contribution in [3.8, 4) is 0 Å². The van der Waals surface area contributed by atoms with Crippen molar-refractivity contribution in [3.05, 3.63) is 30.0 Å². The lowest BCUT2D eigenvalue weighted by atomic mass is 10.1. The van der Waals surface area contributed by atoms with Gasteiger partial charge >= 0.3 is 0 Å². The third-order valence-electron chi connectivity index (χ3n) is 2.98. The second-order valence-corrected chi connectivity index (χ2v) is 5.32. The van der Waals surface area contributed by atoms with Gasteiger partial charge in [0.25, 0.3) is 0 Å². The Bertz CT molecular complexity index is 265. The number of alkyl halides is 1. The van der Waals surface area contributed by atoms with Crippen molar-refractivity contribution in [1.82, 2.24) is 0 Å². The molecule has 0 aromatic carbocycles. The molecular formula is C18H31ClO. The lowest BCUT2D eigenvalue weighted by Crippen LogP contribution is -1.92. The van der Waals surface area contributed by atoms with Crippen LogP contribution in [0.25, 0.3) is 0 Å². The summed E-state index contributed by atoms with van der Waals surface area (Å²) in [6.45, 7) is 3.76. The average Bonchev–Trinajstić information content (AvgIpc) is 2.47. The molecule has 0 saturated heterocycles. The molecule has 1 nitrogen and oxygen atoms in total. The molecule has 0 radical (unpaired) electrons. The minimum absolute atomic E-state index is 0.728. The van der Waals surface area contributed by atoms with Gasteiger partial charge in [0.15, 0.2) is 0 Å². The van der Waals surface area contributed by atoms with Crippen LogP contribution in [0, 0.1) is 0 Å². The number of rotatable bonds is 14. The molecule has 0 aliphatic heterocycles. The Hall–Kier alpha value is -0.490. The zero-order valence-electron chi connectivity index (χ0n) is 13.1. The highest BCUT2D eigenvalue weighted by atomic mass is 35.5. The molecule has 0 heterocycles. The van der Waals surface area contributed by atoms with Crippen molar-refractivity contribution in [3.63, 3.8) is 0 Å². The summed E-state index contributed by atoms with van der Waals surface area (Å²) in [5.41, 5.74) is 3.15. The van der Waals surface area contributed by atoms with E-state index in [0.29, 0.717) is 0 Å². The molecule has 0 rings (SSSR count). The van der Waals surface area contributed by atoms with Crippen LogP contribution in [0.15, 0.2) is 30.0 Å². The van der Waals surface area contributed by atoms with Crippen molar-refractivity contribution >= 4 is 11.6 Å². The van der Waals surface area contributed by atoms with Gasteiger partial charge in [-0.15, -0.1) is 17.3 Å². The van der Waals surface area contributed by atoms with Crippen molar-refractivity contribution in [2.24, 2.45) is 0 Å². The van der Waals surface area contributed by atoms with E-state index in [9.17, 15) is 0 Å². The van der Waals surface area contributed by atoms with Gasteiger partial charge in [0.2, 0.25) is 0 Å². The Balaban J connectivity index is 3.21. The molecule has 20 heavy (non-hydrogen) atoms. The fourth-order valence-electron chi connectivity index (χ4n) is 1.77. The fraction of sp³-hybridized carbons (Fsp3) is 0.722. The minimum atomic E-state index is 0.728. The molecule has 0 saturated carbocycles. The van der Waals surface area contributed by atoms with Crippen LogP contribution in [0.2, 0.25) is 0 Å². The predicted octanol–water partition coefficient (Wildman–Crippen LogP) is 6.04. The molecule has 0 aliphatic rings. The van der Waals surface area contributed by atoms with Crippen LogP contribution in [0.1, 0.15) is 64.7 Å². The van der Waals surface area contributed by atoms with Crippen LogP contribution in [0.5, 0.6) is 0 Å². The van der Waals surface area contributed by atoms with Crippen LogP contribution in [0.4, 0.5) is 0 Å². The third-order valence-corrected chi connectivity index (χ3v) is 3.25. The SMILES string of the molecule is CCCCCCC/C=C\COCCC=C=CCCCCl. The summed E-state index contributed by atoms with van der Waals surface area (Å²) in [6.07, 6.45) is 19.4. The van der Waals surface area contributed by atoms with E-state index < -0.39 is 0 Å². The summed E-state index contributed by atoms with van der Waals surface area (Å²) < 4.78 is 5.51. The first kappa shape index (κ1) is 19.5. The van der Waals surface area contributed by atoms with Gasteiger partial charge in [0.1, 0.15) is 0 Å². The first-order chi connectivity index (χ1) is 9.91. The van der Waals surface area contributed by atoms with Crippen molar-refractivity contribution in [1.29, 1.82) is 0 Å². The Labute approximate surface area is 130 Å². The van der Waals surface area contributed by atoms with Crippen molar-refractivity contribution < 1.29 is 4.74 Å². The largest absolute Gasteiger partial charge is 0.377 e. The molecule has 0 aromatic heterocycles. The normalized spacial score (nSPS) is 10.7. The maximum Gasteiger partial charge on any atom is 0.0647 e. The van der Waals surface area contributed by atoms with Gasteiger partial charge in [-0.3, -0.25) is 0 Å². The molecular weight excluding hydrogens is 268 g/mol. The second-order valence-electron chi connectivity index (χ2n) is 4.94. The molecule has 0 unspecified atom stereocenters. The number of halogens is 1. The number of unbranched alkanes of at least 4 members (excludes halogenated alkanes) is 6. The second kappa shape index (κ2) is 18.5. The fourth-order valence-corrected chi connectivity index (χ4v) is 1.93. The van der Waals surface area contributed by atoms with E-state index in [1.54, 1.807) is 0 Å². The lowest BCUT2D eigenvalue weighted by Gasteiger charge is -1.97. The molecule has 0 fully saturated rings. The lowest BCUT2D eigenvalue weighted by molar-refractivity contribution is 0.167. The average molecular weight is 299 g/mol. The molecule has 116 valence electrons. The summed E-state index contributed by atoms with van der Waals surface area (Å²) in [5.74, 6) is 0.728. The molecule has 0 bridgehead atoms. The predicted molar refractivity (Wildman–Crippen MR) is 90.6 cm³/mol. The van der Waals surface area contributed by atoms with E-state index in [4.69, 9.17) is 16.3 Å². The third kappa shape index (κ3) is 17.5. The highest BCUT2D eigenvalue weighted by Crippen LogP contribution is 2.05. The zero-order chi connectivity index (χ0) is 14.7. The molecule has 0 amide bonds. The van der Waals surface area contributed by atoms with Gasteiger partial charge in [0, 0.05) is 5.88 Å². The van der Waals surface area contributed by atoms with E-state index in [0.717, 1.165) is 38.4 Å². The van der Waals surface area contributed by atoms with E-state index in [1.807, 2.05) is 12.2 Å². The van der Waals surface area contributed by atoms with E-state index in [2.05, 4.69) is 24.8 Å². The summed E-state index contributed by atoms with van der Waals surface area (Å²) in [5, 5.41) is 0. The Morgan fingerprint density at radius 2 is 1.70 bits per heavy atom. The highest BCUT2D eigenvalue weighted by Gasteiger charge is 1.86. The maximum absolute atomic E-state index is 5.58. The smallest absolute Gasteiger partial charge is 0.0647 e. The van der Waals surface area contributed by atoms with E-state index >= 15 is 0 Å². The van der Waals surface area contributed by atoms with Gasteiger partial charge in [-0.1, -0.05) is 44.8 Å². The van der Waals surface area contributed by atoms with Crippen LogP contribution >= 0.6 is 11.6 Å². The topological polar surface area (TPSA) is 9.23 Å². The quantitative estimate of drug-likeness (QED) is 0.164. The Morgan fingerprint density at radius 1 is 0.900 bits per heavy atom. The number of ether oxygens (including phenoxy) is 1. The standard InChI is InChI=1S/C18H31ClO/c1-2-3-4-5-6-8-11-14-17-20-18-15-12-9-7-10-13-16-19/h7,11-12,14H,2-6,8,10,13,15-18H2,1H3/b14-11-. The van der Waals surface area contributed by atoms with Gasteiger partial charge in [-0.05, 0) is 44.3 Å². The van der Waals surface area contributed by atoms with E-state index in [1.165, 1.54) is 38.5 Å². The molecule has 0 atom stereocenters. The van der Waals surface area contributed by atoms with Crippen molar-refractivity contribution in [2.45, 2.75) is 64.7 Å². The Kier molecular flexibility index (Phi) is 18.1. The molecule has 0 aromatic rings. The van der Waals surface area contributed by atoms with Crippen LogP contribution in [-0.4, -0.2) is 19.1 Å². The molecule has 2 heteroatoms. The summed E-state index contributed by atoms with van der Waals surface area (Å²) in [4.78, 5) is 0. The summed E-state index contributed by atoms with van der Waals surface area (Å²) in [6, 6.07) is 0. The van der Waals surface area contributed by atoms with Gasteiger partial charge in [0.05, 0.1) is 13.2 Å². The highest BCUT2D eigenvalue weighted by molar-refractivity contribution is 6.17. The van der Waals surface area contributed by atoms with Gasteiger partial charge < -0.3 is 4.74 Å². The first-order valence-electron chi connectivity index (χ1n) is 8.10. The van der Waals surface area contributed by atoms with Crippen LogP contribution < -0.4 is 0 Å². The van der Waals surface area contributed by atoms with Crippen LogP contribution in [0.3, 0.4) is 0 Å². The molecule has 0 spiro atoms. The number of allylic oxidation sites excluding steroid dienone is 1. The van der Waals surface area contributed by atoms with Gasteiger partial charge in [-0.2, -0.15) is 0 Å². The van der Waals surface area contributed by atoms with Gasteiger partial charge in [-0.25, -0.2) is 0 Å². The first-order valence-corrected chi connectivity index (χ1v) is 8.63. The number of hydrogen-bond acceptors (Lipinski definition) is 1. The molecule has 0 N–H and O–H groups in total.